The second kappa shape index (κ2) is 15.9. The van der Waals surface area contributed by atoms with Crippen molar-refractivity contribution in [3.63, 3.8) is 0 Å². The van der Waals surface area contributed by atoms with Crippen LogP contribution >= 0.6 is 0 Å². The maximum atomic E-state index is 10.1. The molecule has 0 unspecified atom stereocenters. The molecular weight excluding hydrogens is 267 g/mol. The minimum absolute atomic E-state index is 0. The van der Waals surface area contributed by atoms with E-state index in [0.29, 0.717) is 6.42 Å². The Bertz CT molecular complexity index is 121. The predicted octanol–water partition coefficient (Wildman–Crippen LogP) is 3.21. The van der Waals surface area contributed by atoms with E-state index in [2.05, 4.69) is 6.92 Å². The number of carboxylic acids is 1. The number of carbonyl (C=O) groups is 1. The molecule has 0 aliphatic rings. The molecule has 1 radical (unpaired) electrons. The summed E-state index contributed by atoms with van der Waals surface area (Å²) in [6.45, 7) is 2.20. The molecule has 0 aromatic carbocycles. The first-order chi connectivity index (χ1) is 5.77. The number of rotatable bonds is 8. The van der Waals surface area contributed by atoms with Gasteiger partial charge in [0.15, 0.2) is 0 Å². The van der Waals surface area contributed by atoms with Crippen LogP contribution in [0.25, 0.3) is 0 Å². The van der Waals surface area contributed by atoms with Crippen LogP contribution in [-0.4, -0.2) is 11.1 Å². The molecule has 4 heteroatoms. The third-order valence-corrected chi connectivity index (χ3v) is 1.99. The summed E-state index contributed by atoms with van der Waals surface area (Å²) in [4.78, 5) is 10.1. The average molecular weight is 287 g/mol. The minimum Gasteiger partial charge on any atom is -0.481 e. The van der Waals surface area contributed by atoms with Gasteiger partial charge in [-0.15, -0.1) is 0 Å². The quantitative estimate of drug-likeness (QED) is 0.550. The second-order valence-corrected chi connectivity index (χ2v) is 3.27. The molecule has 0 aromatic heterocycles. The van der Waals surface area contributed by atoms with Gasteiger partial charge in [0.25, 0.3) is 0 Å². The van der Waals surface area contributed by atoms with Gasteiger partial charge in [-0.2, -0.15) is 0 Å². The summed E-state index contributed by atoms with van der Waals surface area (Å²) in [6.07, 6.45) is 8.64. The molecule has 0 atom stereocenters. The zero-order valence-corrected chi connectivity index (χ0v) is 10.8. The Kier molecular flexibility index (Phi) is 22.8. The van der Waals surface area contributed by atoms with Crippen LogP contribution in [0.1, 0.15) is 58.3 Å². The fraction of sp³-hybridized carbons (Fsp3) is 0.900. The van der Waals surface area contributed by atoms with Gasteiger partial charge in [-0.1, -0.05) is 45.4 Å². The largest absolute Gasteiger partial charge is 0.481 e. The Morgan fingerprint density at radius 1 is 1.00 bits per heavy atom. The van der Waals surface area contributed by atoms with Gasteiger partial charge < -0.3 is 5.11 Å². The number of unbranched alkanes of at least 4 members (excludes halogenated alkanes) is 6. The monoisotopic (exact) mass is 287 g/mol. The summed E-state index contributed by atoms with van der Waals surface area (Å²) in [6, 6.07) is 0. The molecule has 0 fully saturated rings. The van der Waals surface area contributed by atoms with Gasteiger partial charge in [0, 0.05) is 40.3 Å². The molecule has 0 aromatic rings. The fourth-order valence-corrected chi connectivity index (χ4v) is 1.23. The van der Waals surface area contributed by atoms with Crippen LogP contribution in [0.4, 0.5) is 0 Å². The van der Waals surface area contributed by atoms with Gasteiger partial charge in [0.2, 0.25) is 0 Å². The van der Waals surface area contributed by atoms with Crippen LogP contribution in [0.15, 0.2) is 0 Å². The second-order valence-electron chi connectivity index (χ2n) is 3.27. The maximum Gasteiger partial charge on any atom is 0.303 e. The van der Waals surface area contributed by atoms with E-state index in [1.807, 2.05) is 0 Å². The van der Waals surface area contributed by atoms with Crippen molar-refractivity contribution < 1.29 is 43.7 Å². The molecule has 0 spiro atoms. The summed E-state index contributed by atoms with van der Waals surface area (Å²) in [5, 5.41) is 8.35. The van der Waals surface area contributed by atoms with Crippen LogP contribution in [0, 0.1) is 0 Å². The van der Waals surface area contributed by atoms with Crippen molar-refractivity contribution in [3.05, 3.63) is 0 Å². The zero-order chi connectivity index (χ0) is 9.23. The topological polar surface area (TPSA) is 37.3 Å². The number of hydrogen-bond donors (Lipinski definition) is 1. The molecule has 0 aliphatic carbocycles. The van der Waals surface area contributed by atoms with Crippen molar-refractivity contribution in [2.45, 2.75) is 58.3 Å². The Hall–Kier alpha value is 0.496. The van der Waals surface area contributed by atoms with Gasteiger partial charge in [-0.25, -0.2) is 0 Å². The molecule has 0 saturated heterocycles. The molecule has 89 valence electrons. The number of hydrogen-bond acceptors (Lipinski definition) is 1. The van der Waals surface area contributed by atoms with Gasteiger partial charge in [-0.3, -0.25) is 4.79 Å². The van der Waals surface area contributed by atoms with Crippen LogP contribution in [0.3, 0.4) is 0 Å². The zero-order valence-electron chi connectivity index (χ0n) is 8.70. The Balaban J connectivity index is -0.000000605. The SMILES string of the molecule is CCCCCCCCCC(=O)O.[Co].[Fe]. The average Bonchev–Trinajstić information content (AvgIpc) is 2.02. The van der Waals surface area contributed by atoms with Crippen LogP contribution in [0.5, 0.6) is 0 Å². The van der Waals surface area contributed by atoms with E-state index in [4.69, 9.17) is 5.11 Å². The molecule has 0 rings (SSSR count). The van der Waals surface area contributed by atoms with Crippen LogP contribution < -0.4 is 0 Å². The van der Waals surface area contributed by atoms with Crippen LogP contribution in [-0.2, 0) is 38.6 Å². The summed E-state index contributed by atoms with van der Waals surface area (Å²) < 4.78 is 0. The number of carboxylic acid groups (broad SMARTS) is 1. The minimum atomic E-state index is -0.663. The first-order valence-electron chi connectivity index (χ1n) is 4.99. The van der Waals surface area contributed by atoms with Crippen LogP contribution in [0.2, 0.25) is 0 Å². The third-order valence-electron chi connectivity index (χ3n) is 1.99. The molecule has 1 N–H and O–H groups in total. The standard InChI is InChI=1S/C10H20O2.Co.Fe/c1-2-3-4-5-6-7-8-9-10(11)12;;/h2-9H2,1H3,(H,11,12);;. The molecular formula is C10H20CoFeO2. The molecule has 0 saturated carbocycles. The van der Waals surface area contributed by atoms with Crippen molar-refractivity contribution in [1.29, 1.82) is 0 Å². The Morgan fingerprint density at radius 2 is 1.43 bits per heavy atom. The van der Waals surface area contributed by atoms with Gasteiger partial charge in [0.1, 0.15) is 0 Å². The maximum absolute atomic E-state index is 10.1. The predicted molar refractivity (Wildman–Crippen MR) is 50.2 cm³/mol. The summed E-state index contributed by atoms with van der Waals surface area (Å²) >= 11 is 0. The van der Waals surface area contributed by atoms with Crippen molar-refractivity contribution in [1.82, 2.24) is 0 Å². The molecule has 2 nitrogen and oxygen atoms in total. The molecule has 14 heavy (non-hydrogen) atoms. The van der Waals surface area contributed by atoms with Crippen molar-refractivity contribution in [3.8, 4) is 0 Å². The molecule has 0 bridgehead atoms. The van der Waals surface area contributed by atoms with Gasteiger partial charge in [-0.05, 0) is 6.42 Å². The third kappa shape index (κ3) is 18.3. The normalized spacial score (nSPS) is 8.64. The first kappa shape index (κ1) is 20.0. The van der Waals surface area contributed by atoms with E-state index in [-0.39, 0.29) is 33.8 Å². The Labute approximate surface area is 108 Å². The summed E-state index contributed by atoms with van der Waals surface area (Å²) in [7, 11) is 0. The number of aliphatic carboxylic acids is 1. The van der Waals surface area contributed by atoms with E-state index in [1.54, 1.807) is 0 Å². The van der Waals surface area contributed by atoms with E-state index in [0.717, 1.165) is 12.8 Å². The van der Waals surface area contributed by atoms with E-state index >= 15 is 0 Å². The van der Waals surface area contributed by atoms with E-state index in [9.17, 15) is 4.79 Å². The smallest absolute Gasteiger partial charge is 0.303 e. The van der Waals surface area contributed by atoms with E-state index < -0.39 is 5.97 Å². The van der Waals surface area contributed by atoms with E-state index in [1.165, 1.54) is 32.1 Å². The first-order valence-corrected chi connectivity index (χ1v) is 4.99. The Morgan fingerprint density at radius 3 is 1.86 bits per heavy atom. The van der Waals surface area contributed by atoms with Crippen molar-refractivity contribution in [2.75, 3.05) is 0 Å². The fourth-order valence-electron chi connectivity index (χ4n) is 1.23. The van der Waals surface area contributed by atoms with Gasteiger partial charge in [0.05, 0.1) is 0 Å². The van der Waals surface area contributed by atoms with Crippen molar-refractivity contribution >= 4 is 5.97 Å². The molecule has 0 aliphatic heterocycles. The summed E-state index contributed by atoms with van der Waals surface area (Å²) in [5.41, 5.74) is 0. The summed E-state index contributed by atoms with van der Waals surface area (Å²) in [5.74, 6) is -0.663. The van der Waals surface area contributed by atoms with Crippen molar-refractivity contribution in [2.24, 2.45) is 0 Å². The molecule has 0 heterocycles. The molecule has 0 amide bonds. The van der Waals surface area contributed by atoms with Gasteiger partial charge >= 0.3 is 5.97 Å².